The van der Waals surface area contributed by atoms with Crippen LogP contribution in [0.3, 0.4) is 0 Å². The van der Waals surface area contributed by atoms with Gasteiger partial charge in [0.1, 0.15) is 5.54 Å². The Hall–Kier alpha value is -1.10. The lowest BCUT2D eigenvalue weighted by Crippen LogP contribution is -2.71. The molecule has 0 aromatic rings. The van der Waals surface area contributed by atoms with E-state index in [4.69, 9.17) is 0 Å². The van der Waals surface area contributed by atoms with Gasteiger partial charge >= 0.3 is 0 Å². The predicted octanol–water partition coefficient (Wildman–Crippen LogP) is 0.598. The Morgan fingerprint density at radius 1 is 1.20 bits per heavy atom. The smallest absolute Gasteiger partial charge is 0.249 e. The van der Waals surface area contributed by atoms with Crippen LogP contribution in [0.15, 0.2) is 0 Å². The molecule has 0 radical (unpaired) electrons. The molecule has 4 heterocycles. The van der Waals surface area contributed by atoms with Crippen LogP contribution < -0.4 is 5.32 Å². The van der Waals surface area contributed by atoms with Crippen molar-refractivity contribution in [1.29, 1.82) is 0 Å². The highest BCUT2D eigenvalue weighted by molar-refractivity contribution is 5.98. The number of piperazine rings is 1. The highest BCUT2D eigenvalue weighted by atomic mass is 16.2. The van der Waals surface area contributed by atoms with Gasteiger partial charge in [0, 0.05) is 12.6 Å². The molecule has 2 bridgehead atoms. The minimum atomic E-state index is -0.665. The van der Waals surface area contributed by atoms with E-state index < -0.39 is 5.54 Å². The van der Waals surface area contributed by atoms with Crippen molar-refractivity contribution in [2.45, 2.75) is 51.1 Å². The Kier molecular flexibility index (Phi) is 3.48. The zero-order valence-corrected chi connectivity index (χ0v) is 12.5. The van der Waals surface area contributed by atoms with Gasteiger partial charge in [0.25, 0.3) is 0 Å². The van der Waals surface area contributed by atoms with Crippen molar-refractivity contribution in [3.05, 3.63) is 0 Å². The molecule has 112 valence electrons. The normalized spacial score (nSPS) is 36.1. The number of carbonyl (C=O) groups is 2. The third-order valence-corrected chi connectivity index (χ3v) is 5.59. The van der Waals surface area contributed by atoms with Gasteiger partial charge in [0.15, 0.2) is 0 Å². The summed E-state index contributed by atoms with van der Waals surface area (Å²) in [5, 5.41) is 2.95. The Morgan fingerprint density at radius 3 is 2.35 bits per heavy atom. The summed E-state index contributed by atoms with van der Waals surface area (Å²) in [5.74, 6) is 0.729. The molecule has 1 N–H and O–H groups in total. The summed E-state index contributed by atoms with van der Waals surface area (Å²) < 4.78 is 0. The van der Waals surface area contributed by atoms with Crippen LogP contribution in [0.2, 0.25) is 0 Å². The minimum absolute atomic E-state index is 0.00440. The van der Waals surface area contributed by atoms with Crippen molar-refractivity contribution in [2.75, 3.05) is 26.2 Å². The molecule has 0 saturated carbocycles. The topological polar surface area (TPSA) is 52.7 Å². The third-order valence-electron chi connectivity index (χ3n) is 5.59. The first-order valence-electron chi connectivity index (χ1n) is 7.94. The van der Waals surface area contributed by atoms with E-state index in [9.17, 15) is 9.59 Å². The van der Waals surface area contributed by atoms with Crippen LogP contribution in [0.4, 0.5) is 0 Å². The third kappa shape index (κ3) is 2.03. The SMILES string of the molecule is CCC1(CC)NC(=O)CN(C2CN3CCC2CC3)C1=O. The van der Waals surface area contributed by atoms with Crippen LogP contribution in [0.1, 0.15) is 39.5 Å². The lowest BCUT2D eigenvalue weighted by atomic mass is 9.80. The zero-order valence-electron chi connectivity index (χ0n) is 12.5. The Bertz CT molecular complexity index is 411. The average Bonchev–Trinajstić information content (AvgIpc) is 2.50. The van der Waals surface area contributed by atoms with Gasteiger partial charge in [-0.05, 0) is 44.7 Å². The maximum absolute atomic E-state index is 12.9. The van der Waals surface area contributed by atoms with Crippen molar-refractivity contribution in [2.24, 2.45) is 5.92 Å². The van der Waals surface area contributed by atoms with Crippen LogP contribution in [0.25, 0.3) is 0 Å². The summed E-state index contributed by atoms with van der Waals surface area (Å²) in [4.78, 5) is 29.3. The van der Waals surface area contributed by atoms with E-state index >= 15 is 0 Å². The zero-order chi connectivity index (χ0) is 14.3. The van der Waals surface area contributed by atoms with Gasteiger partial charge in [0.2, 0.25) is 11.8 Å². The largest absolute Gasteiger partial charge is 0.340 e. The van der Waals surface area contributed by atoms with Crippen LogP contribution in [-0.2, 0) is 9.59 Å². The fourth-order valence-corrected chi connectivity index (χ4v) is 4.15. The van der Waals surface area contributed by atoms with Crippen molar-refractivity contribution in [3.63, 3.8) is 0 Å². The number of carbonyl (C=O) groups excluding carboxylic acids is 2. The summed E-state index contributed by atoms with van der Waals surface area (Å²) in [6, 6.07) is 0.244. The average molecular weight is 279 g/mol. The van der Waals surface area contributed by atoms with Gasteiger partial charge in [-0.3, -0.25) is 9.59 Å². The van der Waals surface area contributed by atoms with Crippen molar-refractivity contribution >= 4 is 11.8 Å². The second-order valence-corrected chi connectivity index (χ2v) is 6.48. The molecule has 1 unspecified atom stereocenters. The van der Waals surface area contributed by atoms with E-state index in [-0.39, 0.29) is 24.4 Å². The number of nitrogens with zero attached hydrogens (tertiary/aromatic N) is 2. The fraction of sp³-hybridized carbons (Fsp3) is 0.867. The summed E-state index contributed by atoms with van der Waals surface area (Å²) in [6.07, 6.45) is 3.68. The van der Waals surface area contributed by atoms with E-state index in [1.54, 1.807) is 0 Å². The van der Waals surface area contributed by atoms with Gasteiger partial charge in [0.05, 0.1) is 6.54 Å². The lowest BCUT2D eigenvalue weighted by molar-refractivity contribution is -0.157. The molecule has 5 heteroatoms. The fourth-order valence-electron chi connectivity index (χ4n) is 4.15. The van der Waals surface area contributed by atoms with Gasteiger partial charge in [-0.1, -0.05) is 13.8 Å². The highest BCUT2D eigenvalue weighted by Crippen LogP contribution is 2.34. The number of amides is 2. The Morgan fingerprint density at radius 2 is 1.85 bits per heavy atom. The van der Waals surface area contributed by atoms with E-state index in [1.807, 2.05) is 18.7 Å². The minimum Gasteiger partial charge on any atom is -0.340 e. The molecular weight excluding hydrogens is 254 g/mol. The van der Waals surface area contributed by atoms with E-state index in [0.29, 0.717) is 18.8 Å². The first kappa shape index (κ1) is 13.9. The predicted molar refractivity (Wildman–Crippen MR) is 76.1 cm³/mol. The summed E-state index contributed by atoms with van der Waals surface area (Å²) >= 11 is 0. The molecule has 4 aliphatic heterocycles. The highest BCUT2D eigenvalue weighted by Gasteiger charge is 2.49. The molecule has 4 fully saturated rings. The molecule has 0 aliphatic carbocycles. The molecule has 0 aromatic carbocycles. The van der Waals surface area contributed by atoms with Crippen LogP contribution in [0, 0.1) is 5.92 Å². The molecular formula is C15H25N3O2. The van der Waals surface area contributed by atoms with E-state index in [2.05, 4.69) is 10.2 Å². The summed E-state index contributed by atoms with van der Waals surface area (Å²) in [7, 11) is 0. The van der Waals surface area contributed by atoms with Crippen LogP contribution in [-0.4, -0.2) is 59.4 Å². The van der Waals surface area contributed by atoms with Crippen LogP contribution in [0.5, 0.6) is 0 Å². The first-order valence-corrected chi connectivity index (χ1v) is 7.94. The lowest BCUT2D eigenvalue weighted by Gasteiger charge is -2.52. The quantitative estimate of drug-likeness (QED) is 0.823. The number of fused-ring (bicyclic) bond motifs is 3. The summed E-state index contributed by atoms with van der Waals surface area (Å²) in [6.45, 7) is 7.48. The second kappa shape index (κ2) is 5.02. The molecule has 0 spiro atoms. The van der Waals surface area contributed by atoms with Crippen molar-refractivity contribution in [1.82, 2.24) is 15.1 Å². The molecule has 5 nitrogen and oxygen atoms in total. The molecule has 1 atom stereocenters. The number of hydrogen-bond acceptors (Lipinski definition) is 3. The molecule has 4 aliphatic rings. The molecule has 4 saturated heterocycles. The van der Waals surface area contributed by atoms with Gasteiger partial charge in [-0.15, -0.1) is 0 Å². The Balaban J connectivity index is 1.85. The number of piperidine rings is 3. The Labute approximate surface area is 120 Å². The number of nitrogens with one attached hydrogen (secondary N) is 1. The van der Waals surface area contributed by atoms with Gasteiger partial charge in [-0.2, -0.15) is 0 Å². The standard InChI is InChI=1S/C15H25N3O2/c1-3-15(4-2)14(20)18(10-13(19)16-15)12-9-17-7-5-11(12)6-8-17/h11-12H,3-10H2,1-2H3,(H,16,19). The van der Waals surface area contributed by atoms with Gasteiger partial charge < -0.3 is 15.1 Å². The van der Waals surface area contributed by atoms with E-state index in [0.717, 1.165) is 19.6 Å². The first-order chi connectivity index (χ1) is 9.59. The van der Waals surface area contributed by atoms with Crippen LogP contribution >= 0.6 is 0 Å². The van der Waals surface area contributed by atoms with Crippen molar-refractivity contribution < 1.29 is 9.59 Å². The van der Waals surface area contributed by atoms with Gasteiger partial charge in [-0.25, -0.2) is 0 Å². The number of rotatable bonds is 3. The molecule has 0 aromatic heterocycles. The maximum Gasteiger partial charge on any atom is 0.249 e. The number of hydrogen-bond donors (Lipinski definition) is 1. The summed E-state index contributed by atoms with van der Waals surface area (Å²) in [5.41, 5.74) is -0.665. The maximum atomic E-state index is 12.9. The monoisotopic (exact) mass is 279 g/mol. The molecule has 2 amide bonds. The molecule has 20 heavy (non-hydrogen) atoms. The molecule has 4 rings (SSSR count). The van der Waals surface area contributed by atoms with E-state index in [1.165, 1.54) is 12.8 Å². The van der Waals surface area contributed by atoms with Crippen molar-refractivity contribution in [3.8, 4) is 0 Å². The second-order valence-electron chi connectivity index (χ2n) is 6.48.